The molecule has 1 aromatic carbocycles. The number of rotatable bonds is 6. The lowest BCUT2D eigenvalue weighted by atomic mass is 10.1. The number of aromatic nitrogens is 3. The van der Waals surface area contributed by atoms with Crippen LogP contribution >= 0.6 is 23.4 Å². The first-order chi connectivity index (χ1) is 11.8. The van der Waals surface area contributed by atoms with Crippen LogP contribution in [0.5, 0.6) is 5.75 Å². The number of nitrogens with one attached hydrogen (secondary N) is 2. The molecule has 0 bridgehead atoms. The number of urea groups is 1. The van der Waals surface area contributed by atoms with E-state index in [9.17, 15) is 9.59 Å². The molecule has 0 aliphatic heterocycles. The van der Waals surface area contributed by atoms with E-state index in [-0.39, 0.29) is 5.92 Å². The monoisotopic (exact) mass is 383 g/mol. The van der Waals surface area contributed by atoms with Crippen molar-refractivity contribution in [2.45, 2.75) is 24.3 Å². The van der Waals surface area contributed by atoms with Crippen molar-refractivity contribution in [1.82, 2.24) is 20.5 Å². The van der Waals surface area contributed by atoms with Crippen molar-refractivity contribution in [3.05, 3.63) is 23.2 Å². The van der Waals surface area contributed by atoms with Gasteiger partial charge >= 0.3 is 6.03 Å². The Kier molecular flexibility index (Phi) is 6.27. The Bertz CT molecular complexity index is 780. The highest BCUT2D eigenvalue weighted by Gasteiger charge is 2.26. The quantitative estimate of drug-likeness (QED) is 0.658. The molecule has 134 valence electrons. The average molecular weight is 384 g/mol. The van der Waals surface area contributed by atoms with Gasteiger partial charge in [-0.1, -0.05) is 37.2 Å². The van der Waals surface area contributed by atoms with Gasteiger partial charge in [0.25, 0.3) is 0 Å². The smallest absolute Gasteiger partial charge is 0.318 e. The first-order valence-electron chi connectivity index (χ1n) is 7.35. The number of amides is 3. The summed E-state index contributed by atoms with van der Waals surface area (Å²) >= 11 is 7.16. The number of hydrogen-bond donors (Lipinski definition) is 3. The van der Waals surface area contributed by atoms with Crippen LogP contribution in [0, 0.1) is 5.92 Å². The molecule has 10 heteroatoms. The van der Waals surface area contributed by atoms with Gasteiger partial charge < -0.3 is 10.5 Å². The molecule has 0 spiro atoms. The van der Waals surface area contributed by atoms with Gasteiger partial charge in [-0.25, -0.2) is 9.78 Å². The lowest BCUT2D eigenvalue weighted by Gasteiger charge is -2.16. The molecule has 0 saturated carbocycles. The maximum absolute atomic E-state index is 12.1. The summed E-state index contributed by atoms with van der Waals surface area (Å²) in [4.78, 5) is 27.4. The Morgan fingerprint density at radius 2 is 2.12 bits per heavy atom. The summed E-state index contributed by atoms with van der Waals surface area (Å²) in [6.07, 6.45) is 0. The van der Waals surface area contributed by atoms with Crippen molar-refractivity contribution in [3.63, 3.8) is 0 Å². The molecule has 0 radical (unpaired) electrons. The molecule has 1 aromatic heterocycles. The van der Waals surface area contributed by atoms with Crippen LogP contribution in [0.2, 0.25) is 5.02 Å². The fraction of sp³-hybridized carbons (Fsp3) is 0.333. The molecule has 4 N–H and O–H groups in total. The Labute approximate surface area is 153 Å². The number of nitrogens with zero attached hydrogens (tertiary/aromatic N) is 2. The number of hydrogen-bond acceptors (Lipinski definition) is 6. The molecule has 0 aliphatic rings. The Balaban J connectivity index is 2.24. The highest BCUT2D eigenvalue weighted by molar-refractivity contribution is 8.00. The Morgan fingerprint density at radius 1 is 1.40 bits per heavy atom. The zero-order valence-corrected chi connectivity index (χ0v) is 15.4. The number of benzene rings is 1. The number of H-pyrrole nitrogens is 1. The third-order valence-electron chi connectivity index (χ3n) is 3.22. The number of halogens is 1. The summed E-state index contributed by atoms with van der Waals surface area (Å²) < 4.78 is 5.30. The maximum atomic E-state index is 12.1. The number of aromatic amines is 1. The highest BCUT2D eigenvalue weighted by atomic mass is 35.5. The summed E-state index contributed by atoms with van der Waals surface area (Å²) in [6, 6.07) is 4.24. The van der Waals surface area contributed by atoms with Gasteiger partial charge in [-0.2, -0.15) is 0 Å². The summed E-state index contributed by atoms with van der Waals surface area (Å²) in [5, 5.41) is 9.32. The Morgan fingerprint density at radius 3 is 2.72 bits per heavy atom. The van der Waals surface area contributed by atoms with Gasteiger partial charge in [-0.05, 0) is 24.1 Å². The fourth-order valence-corrected chi connectivity index (χ4v) is 3.16. The zero-order chi connectivity index (χ0) is 18.6. The summed E-state index contributed by atoms with van der Waals surface area (Å²) in [7, 11) is 1.54. The molecule has 1 heterocycles. The molecule has 1 atom stereocenters. The number of methoxy groups -OCH3 is 1. The molecule has 0 fully saturated rings. The summed E-state index contributed by atoms with van der Waals surface area (Å²) in [6.45, 7) is 3.71. The lowest BCUT2D eigenvalue weighted by molar-refractivity contribution is -0.120. The minimum atomic E-state index is -0.893. The van der Waals surface area contributed by atoms with Gasteiger partial charge in [0.1, 0.15) is 5.75 Å². The molecule has 3 amide bonds. The third kappa shape index (κ3) is 4.86. The van der Waals surface area contributed by atoms with E-state index in [2.05, 4.69) is 20.5 Å². The Hall–Kier alpha value is -2.26. The average Bonchev–Trinajstić information content (AvgIpc) is 3.00. The van der Waals surface area contributed by atoms with E-state index in [0.717, 1.165) is 11.8 Å². The zero-order valence-electron chi connectivity index (χ0n) is 13.9. The van der Waals surface area contributed by atoms with Crippen LogP contribution in [0.1, 0.15) is 13.8 Å². The molecule has 0 saturated heterocycles. The van der Waals surface area contributed by atoms with Crippen LogP contribution in [-0.4, -0.2) is 39.5 Å². The van der Waals surface area contributed by atoms with Crippen LogP contribution in [0.15, 0.2) is 23.4 Å². The molecule has 2 aromatic rings. The van der Waals surface area contributed by atoms with E-state index < -0.39 is 17.2 Å². The second-order valence-electron chi connectivity index (χ2n) is 5.45. The second kappa shape index (κ2) is 8.21. The molecule has 2 rings (SSSR count). The maximum Gasteiger partial charge on any atom is 0.318 e. The van der Waals surface area contributed by atoms with Crippen molar-refractivity contribution in [2.75, 3.05) is 7.11 Å². The predicted octanol–water partition coefficient (Wildman–Crippen LogP) is 2.45. The van der Waals surface area contributed by atoms with Gasteiger partial charge in [0.2, 0.25) is 11.1 Å². The number of thioether (sulfide) groups is 1. The van der Waals surface area contributed by atoms with E-state index in [1.54, 1.807) is 25.3 Å². The van der Waals surface area contributed by atoms with Gasteiger partial charge in [-0.15, -0.1) is 5.10 Å². The van der Waals surface area contributed by atoms with E-state index in [4.69, 9.17) is 22.1 Å². The normalized spacial score (nSPS) is 12.0. The number of nitrogens with two attached hydrogens (primary N) is 1. The number of carbonyl (C=O) groups is 2. The van der Waals surface area contributed by atoms with Gasteiger partial charge in [-0.3, -0.25) is 15.2 Å². The van der Waals surface area contributed by atoms with Gasteiger partial charge in [0.05, 0.1) is 17.9 Å². The molecular weight excluding hydrogens is 366 g/mol. The number of ether oxygens (including phenoxy) is 1. The standard InChI is InChI=1S/C15H18ClN5O3S/c1-7(2)11(13(22)19-14(17)23)25-15-18-12(20-21-15)9-6-8(16)4-5-10(9)24-3/h4-7,11H,1-3H3,(H,18,20,21)(H3,17,19,22,23)/t11-/m0/s1. The SMILES string of the molecule is COc1ccc(Cl)cc1-c1nc(S[C@H](C(=O)NC(N)=O)C(C)C)n[nH]1. The van der Waals surface area contributed by atoms with E-state index in [1.165, 1.54) is 0 Å². The van der Waals surface area contributed by atoms with Crippen molar-refractivity contribution in [3.8, 4) is 17.1 Å². The van der Waals surface area contributed by atoms with Crippen LogP contribution in [0.4, 0.5) is 4.79 Å². The topological polar surface area (TPSA) is 123 Å². The minimum absolute atomic E-state index is 0.0630. The predicted molar refractivity (Wildman–Crippen MR) is 95.6 cm³/mol. The second-order valence-corrected chi connectivity index (χ2v) is 6.99. The lowest BCUT2D eigenvalue weighted by Crippen LogP contribution is -2.42. The van der Waals surface area contributed by atoms with Crippen molar-refractivity contribution in [1.29, 1.82) is 0 Å². The van der Waals surface area contributed by atoms with Crippen molar-refractivity contribution < 1.29 is 14.3 Å². The van der Waals surface area contributed by atoms with E-state index in [1.807, 2.05) is 13.8 Å². The molecule has 8 nitrogen and oxygen atoms in total. The number of carbonyl (C=O) groups excluding carboxylic acids is 2. The van der Waals surface area contributed by atoms with E-state index >= 15 is 0 Å². The van der Waals surface area contributed by atoms with Gasteiger partial charge in [0, 0.05) is 5.02 Å². The van der Waals surface area contributed by atoms with Crippen LogP contribution in [0.3, 0.4) is 0 Å². The molecule has 25 heavy (non-hydrogen) atoms. The van der Waals surface area contributed by atoms with Crippen molar-refractivity contribution in [2.24, 2.45) is 11.7 Å². The molecule has 0 aliphatic carbocycles. The van der Waals surface area contributed by atoms with Crippen LogP contribution in [-0.2, 0) is 4.79 Å². The fourth-order valence-electron chi connectivity index (χ4n) is 2.08. The first-order valence-corrected chi connectivity index (χ1v) is 8.60. The minimum Gasteiger partial charge on any atom is -0.496 e. The number of primary amides is 1. The largest absolute Gasteiger partial charge is 0.496 e. The van der Waals surface area contributed by atoms with Gasteiger partial charge in [0.15, 0.2) is 5.82 Å². The molecular formula is C15H18ClN5O3S. The molecule has 0 unspecified atom stereocenters. The number of imide groups is 1. The van der Waals surface area contributed by atoms with Crippen LogP contribution < -0.4 is 15.8 Å². The first kappa shape index (κ1) is 19.1. The van der Waals surface area contributed by atoms with Crippen LogP contribution in [0.25, 0.3) is 11.4 Å². The highest BCUT2D eigenvalue weighted by Crippen LogP contribution is 2.32. The summed E-state index contributed by atoms with van der Waals surface area (Å²) in [5.74, 6) is 0.495. The van der Waals surface area contributed by atoms with Crippen molar-refractivity contribution >= 4 is 35.3 Å². The summed E-state index contributed by atoms with van der Waals surface area (Å²) in [5.41, 5.74) is 5.66. The van der Waals surface area contributed by atoms with E-state index in [0.29, 0.717) is 27.3 Å². The third-order valence-corrected chi connectivity index (χ3v) is 4.87.